The fourth-order valence-corrected chi connectivity index (χ4v) is 7.33. The summed E-state index contributed by atoms with van der Waals surface area (Å²) in [5, 5.41) is 61.1. The van der Waals surface area contributed by atoms with Gasteiger partial charge in [-0.15, -0.1) is 0 Å². The number of ketones is 2. The summed E-state index contributed by atoms with van der Waals surface area (Å²) >= 11 is 0. The number of rotatable bonds is 6. The Morgan fingerprint density at radius 3 is 2.20 bits per heavy atom. The lowest BCUT2D eigenvalue weighted by Gasteiger charge is -2.58. The number of nitrogens with two attached hydrogens (primary N) is 3. The zero-order chi connectivity index (χ0) is 36.5. The molecule has 0 saturated heterocycles. The number of nitro groups is 1. The Morgan fingerprint density at radius 2 is 1.69 bits per heavy atom. The van der Waals surface area contributed by atoms with E-state index in [4.69, 9.17) is 17.2 Å². The lowest BCUT2D eigenvalue weighted by atomic mass is 9.47. The van der Waals surface area contributed by atoms with Gasteiger partial charge in [-0.3, -0.25) is 29.4 Å². The second kappa shape index (κ2) is 11.3. The molecule has 4 atom stereocenters. The number of carbonyl (C=O) groups is 4. The Hall–Kier alpha value is -6.03. The molecule has 18 nitrogen and oxygen atoms in total. The van der Waals surface area contributed by atoms with Gasteiger partial charge in [0, 0.05) is 37.6 Å². The quantitative estimate of drug-likeness (QED) is 0.0896. The van der Waals surface area contributed by atoms with E-state index in [2.05, 4.69) is 10.6 Å². The lowest BCUT2D eigenvalue weighted by molar-refractivity contribution is -0.384. The average molecular weight is 676 g/mol. The maximum atomic E-state index is 14.6. The van der Waals surface area contributed by atoms with Crippen molar-refractivity contribution in [3.8, 4) is 11.8 Å². The first kappa shape index (κ1) is 34.3. The summed E-state index contributed by atoms with van der Waals surface area (Å²) in [6, 6.07) is 5.59. The highest BCUT2D eigenvalue weighted by atomic mass is 16.6. The van der Waals surface area contributed by atoms with Gasteiger partial charge in [-0.1, -0.05) is 0 Å². The number of nitrogens with one attached hydrogen (secondary N) is 2. The first-order chi connectivity index (χ1) is 22.8. The van der Waals surface area contributed by atoms with Gasteiger partial charge in [-0.25, -0.2) is 4.79 Å². The van der Waals surface area contributed by atoms with E-state index in [0.29, 0.717) is 5.69 Å². The molecule has 3 aliphatic carbocycles. The number of nitro benzene ring substituents is 1. The number of phenols is 1. The molecule has 0 unspecified atom stereocenters. The molecule has 0 radical (unpaired) electrons. The van der Waals surface area contributed by atoms with Gasteiger partial charge in [0.1, 0.15) is 17.1 Å². The minimum absolute atomic E-state index is 0.177. The van der Waals surface area contributed by atoms with E-state index < -0.39 is 85.8 Å². The Balaban J connectivity index is 1.69. The van der Waals surface area contributed by atoms with Crippen LogP contribution < -0.4 is 32.7 Å². The molecular weight excluding hydrogens is 642 g/mol. The van der Waals surface area contributed by atoms with Gasteiger partial charge < -0.3 is 48.1 Å². The Kier molecular flexibility index (Phi) is 7.91. The number of aliphatic hydroxyl groups excluding tert-OH is 2. The van der Waals surface area contributed by atoms with Gasteiger partial charge >= 0.3 is 6.03 Å². The van der Waals surface area contributed by atoms with Crippen LogP contribution in [0.15, 0.2) is 47.2 Å². The minimum atomic E-state index is -2.83. The van der Waals surface area contributed by atoms with Crippen LogP contribution in [0.3, 0.4) is 0 Å². The molecule has 3 aliphatic rings. The van der Waals surface area contributed by atoms with E-state index in [1.165, 1.54) is 49.3 Å². The predicted octanol–water partition coefficient (Wildman–Crippen LogP) is 0.524. The van der Waals surface area contributed by atoms with Crippen molar-refractivity contribution < 1.29 is 39.4 Å². The number of carbonyl (C=O) groups excluding carboxylic acids is 4. The molecule has 2 aromatic carbocycles. The van der Waals surface area contributed by atoms with E-state index in [0.717, 1.165) is 0 Å². The third-order valence-corrected chi connectivity index (χ3v) is 9.29. The Bertz CT molecular complexity index is 1980. The second-order valence-electron chi connectivity index (χ2n) is 12.7. The van der Waals surface area contributed by atoms with Gasteiger partial charge in [0.25, 0.3) is 11.6 Å². The SMILES string of the molecule is CN(C)c1cc(NC(=O)Nc2ccc([N+](=O)[O-])cc2)c(O)c2c1C[C@@]1(N)C[C@@]3(N)[C@H](N(C)C)C(=O)C(C(N)=O)=C(O)[C@@]3(C#N)C(=O)C1=C2O. The van der Waals surface area contributed by atoms with Crippen LogP contribution in [0.1, 0.15) is 17.5 Å². The minimum Gasteiger partial charge on any atom is -0.509 e. The number of primary amides is 1. The number of fused-ring (bicyclic) bond motifs is 3. The van der Waals surface area contributed by atoms with Crippen LogP contribution in [-0.4, -0.2) is 94.0 Å². The molecular formula is C31H33N9O9. The maximum Gasteiger partial charge on any atom is 0.323 e. The van der Waals surface area contributed by atoms with Crippen LogP contribution in [-0.2, 0) is 20.8 Å². The molecule has 5 rings (SSSR count). The number of aliphatic hydroxyl groups is 2. The van der Waals surface area contributed by atoms with Crippen molar-refractivity contribution >= 4 is 52.0 Å². The van der Waals surface area contributed by atoms with Crippen LogP contribution >= 0.6 is 0 Å². The standard InChI is InChI=1S/C31H33N9O9/c1-38(2)17-9-16(37-28(47)36-13-5-7-14(8-6-13)40(48)49)21(41)18-15(17)10-29(34)11-31(35)24(39(3)4)23(43)19(27(33)46)25(44)30(31,12-32)26(45)20(29)22(18)42/h5-9,24,41-42,44H,10-11,34-35H2,1-4H3,(H2,33,46)(H2,36,37,47)/t24-,29-,30+,31-/m1/s1. The molecule has 0 aromatic heterocycles. The van der Waals surface area contributed by atoms with Crippen molar-refractivity contribution in [3.63, 3.8) is 0 Å². The fraction of sp³-hybridized carbons (Fsp3) is 0.323. The summed E-state index contributed by atoms with van der Waals surface area (Å²) in [6.45, 7) is 0. The summed E-state index contributed by atoms with van der Waals surface area (Å²) in [4.78, 5) is 66.7. The molecule has 0 heterocycles. The number of hydrogen-bond donors (Lipinski definition) is 8. The zero-order valence-corrected chi connectivity index (χ0v) is 26.7. The largest absolute Gasteiger partial charge is 0.509 e. The fourth-order valence-electron chi connectivity index (χ4n) is 7.33. The third-order valence-electron chi connectivity index (χ3n) is 9.29. The summed E-state index contributed by atoms with van der Waals surface area (Å²) in [5.74, 6) is -6.61. The van der Waals surface area contributed by atoms with E-state index in [9.17, 15) is 49.9 Å². The van der Waals surface area contributed by atoms with Crippen LogP contribution in [0.25, 0.3) is 5.76 Å². The van der Waals surface area contributed by atoms with Crippen LogP contribution in [0.5, 0.6) is 5.75 Å². The van der Waals surface area contributed by atoms with E-state index >= 15 is 0 Å². The summed E-state index contributed by atoms with van der Waals surface area (Å²) in [7, 11) is 6.09. The lowest BCUT2D eigenvalue weighted by Crippen LogP contribution is -2.80. The van der Waals surface area contributed by atoms with Crippen molar-refractivity contribution in [2.24, 2.45) is 22.6 Å². The first-order valence-electron chi connectivity index (χ1n) is 14.6. The van der Waals surface area contributed by atoms with Gasteiger partial charge in [0.05, 0.1) is 44.9 Å². The Labute approximate surface area is 278 Å². The molecule has 1 fully saturated rings. The highest BCUT2D eigenvalue weighted by Gasteiger charge is 2.74. The van der Waals surface area contributed by atoms with Gasteiger partial charge in [0.15, 0.2) is 22.7 Å². The van der Waals surface area contributed by atoms with Gasteiger partial charge in [-0.2, -0.15) is 5.26 Å². The molecule has 49 heavy (non-hydrogen) atoms. The van der Waals surface area contributed by atoms with Crippen molar-refractivity contribution in [2.75, 3.05) is 43.7 Å². The van der Waals surface area contributed by atoms with Crippen molar-refractivity contribution in [3.05, 3.63) is 68.5 Å². The monoisotopic (exact) mass is 675 g/mol. The van der Waals surface area contributed by atoms with Gasteiger partial charge in [-0.05, 0) is 50.7 Å². The summed E-state index contributed by atoms with van der Waals surface area (Å²) in [5.41, 5.74) is 10.5. The number of nitriles is 1. The topological polar surface area (TPSA) is 305 Å². The van der Waals surface area contributed by atoms with E-state index in [1.54, 1.807) is 25.1 Å². The maximum absolute atomic E-state index is 14.6. The number of aromatic hydroxyl groups is 1. The normalized spacial score (nSPS) is 26.0. The molecule has 1 saturated carbocycles. The molecule has 18 heteroatoms. The van der Waals surface area contributed by atoms with Crippen LogP contribution in [0, 0.1) is 26.9 Å². The number of phenolic OH excluding ortho intramolecular Hbond substituents is 1. The highest BCUT2D eigenvalue weighted by Crippen LogP contribution is 2.59. The number of likely N-dealkylation sites (N-methyl/N-ethyl adjacent to an activating group) is 1. The van der Waals surface area contributed by atoms with Crippen molar-refractivity contribution in [2.45, 2.75) is 30.0 Å². The summed E-state index contributed by atoms with van der Waals surface area (Å²) in [6.07, 6.45) is -0.833. The first-order valence-corrected chi connectivity index (χ1v) is 14.6. The smallest absolute Gasteiger partial charge is 0.323 e. The predicted molar refractivity (Wildman–Crippen MR) is 174 cm³/mol. The number of hydrogen-bond acceptors (Lipinski definition) is 14. The number of benzene rings is 2. The molecule has 3 amide bonds. The second-order valence-corrected chi connectivity index (χ2v) is 12.7. The molecule has 11 N–H and O–H groups in total. The number of urea groups is 1. The van der Waals surface area contributed by atoms with E-state index in [1.807, 2.05) is 0 Å². The number of Topliss-reactive ketones (excluding diaryl/α,β-unsaturated/α-hetero) is 2. The van der Waals surface area contributed by atoms with E-state index in [-0.39, 0.29) is 34.6 Å². The van der Waals surface area contributed by atoms with Crippen LogP contribution in [0.4, 0.5) is 27.5 Å². The number of non-ortho nitro benzene ring substituents is 1. The number of amides is 3. The molecule has 0 bridgehead atoms. The number of anilines is 3. The molecule has 0 spiro atoms. The van der Waals surface area contributed by atoms with Crippen LogP contribution in [0.2, 0.25) is 0 Å². The average Bonchev–Trinajstić information content (AvgIpc) is 2.97. The molecule has 0 aliphatic heterocycles. The summed E-state index contributed by atoms with van der Waals surface area (Å²) < 4.78 is 0. The molecule has 256 valence electrons. The van der Waals surface area contributed by atoms with Crippen molar-refractivity contribution in [1.82, 2.24) is 4.90 Å². The van der Waals surface area contributed by atoms with Crippen molar-refractivity contribution in [1.29, 1.82) is 5.26 Å². The third kappa shape index (κ3) is 4.74. The van der Waals surface area contributed by atoms with Gasteiger partial charge in [0.2, 0.25) is 0 Å². The highest BCUT2D eigenvalue weighted by molar-refractivity contribution is 6.25. The Morgan fingerprint density at radius 1 is 1.08 bits per heavy atom. The molecule has 2 aromatic rings. The number of nitrogens with zero attached hydrogens (tertiary/aromatic N) is 4. The zero-order valence-electron chi connectivity index (χ0n) is 26.7.